The Labute approximate surface area is 207 Å². The second kappa shape index (κ2) is 9.55. The Kier molecular flexibility index (Phi) is 7.04. The lowest BCUT2D eigenvalue weighted by molar-refractivity contribution is -0.712. The lowest BCUT2D eigenvalue weighted by Gasteiger charge is -2.41. The largest absolute Gasteiger partial charge is 0.483 e. The van der Waals surface area contributed by atoms with Crippen LogP contribution in [0.25, 0.3) is 11.6 Å². The Bertz CT molecular complexity index is 997. The molecule has 1 N–H and O–H groups in total. The van der Waals surface area contributed by atoms with E-state index in [-0.39, 0.29) is 16.4 Å². The molecule has 34 heavy (non-hydrogen) atoms. The summed E-state index contributed by atoms with van der Waals surface area (Å²) in [5.74, 6) is 0.862. The highest BCUT2D eigenvalue weighted by Gasteiger charge is 2.55. The average Bonchev–Trinajstić information content (AvgIpc) is 3.03. The zero-order valence-electron chi connectivity index (χ0n) is 22.5. The fourth-order valence-corrected chi connectivity index (χ4v) is 6.54. The van der Waals surface area contributed by atoms with Crippen molar-refractivity contribution in [1.29, 1.82) is 0 Å². The fourth-order valence-electron chi connectivity index (χ4n) is 6.54. The van der Waals surface area contributed by atoms with Crippen LogP contribution in [0.5, 0.6) is 5.75 Å². The van der Waals surface area contributed by atoms with Gasteiger partial charge >= 0.3 is 0 Å². The molecule has 1 aliphatic carbocycles. The van der Waals surface area contributed by atoms with Crippen molar-refractivity contribution in [2.75, 3.05) is 0 Å². The van der Waals surface area contributed by atoms with Crippen LogP contribution in [0.4, 0.5) is 5.69 Å². The molecule has 0 unspecified atom stereocenters. The van der Waals surface area contributed by atoms with Crippen molar-refractivity contribution in [3.8, 4) is 5.75 Å². The van der Waals surface area contributed by atoms with E-state index in [2.05, 4.69) is 71.9 Å². The Hall–Kier alpha value is -2.03. The second-order valence-corrected chi connectivity index (χ2v) is 12.2. The molecule has 2 heterocycles. The predicted molar refractivity (Wildman–Crippen MR) is 143 cm³/mol. The molecule has 0 bridgehead atoms. The molecule has 0 saturated heterocycles. The molecule has 0 radical (unpaired) electrons. The number of hydrogen-bond donors (Lipinski definition) is 1. The van der Waals surface area contributed by atoms with E-state index in [1.54, 1.807) is 4.74 Å². The van der Waals surface area contributed by atoms with Gasteiger partial charge in [0.2, 0.25) is 5.71 Å². The van der Waals surface area contributed by atoms with E-state index in [1.165, 1.54) is 56.9 Å². The van der Waals surface area contributed by atoms with E-state index >= 15 is 0 Å². The predicted octanol–water partition coefficient (Wildman–Crippen LogP) is 9.10. The van der Waals surface area contributed by atoms with Crippen LogP contribution in [0.3, 0.4) is 0 Å². The Balaban J connectivity index is 1.78. The number of ether oxygens (including phenoxy) is 1. The zero-order valence-corrected chi connectivity index (χ0v) is 22.5. The Morgan fingerprint density at radius 3 is 2.18 bits per heavy atom. The fraction of sp³-hybridized carbons (Fsp3) is 0.645. The molecule has 1 aromatic carbocycles. The summed E-state index contributed by atoms with van der Waals surface area (Å²) in [5.41, 5.74) is 5.33. The summed E-state index contributed by atoms with van der Waals surface area (Å²) in [7, 11) is 0. The summed E-state index contributed by atoms with van der Waals surface area (Å²) >= 11 is 0. The molecule has 3 heteroatoms. The van der Waals surface area contributed by atoms with Crippen LogP contribution < -0.4 is 4.74 Å². The van der Waals surface area contributed by atoms with Gasteiger partial charge in [0.25, 0.3) is 5.69 Å². The molecule has 0 amide bonds. The molecule has 0 aromatic heterocycles. The maximum Gasteiger partial charge on any atom is 0.269 e. The molecule has 0 fully saturated rings. The Morgan fingerprint density at radius 1 is 0.912 bits per heavy atom. The average molecular weight is 465 g/mol. The van der Waals surface area contributed by atoms with Crippen LogP contribution in [0, 0.1) is 10.8 Å². The lowest BCUT2D eigenvalue weighted by Crippen LogP contribution is -2.42. The lowest BCUT2D eigenvalue weighted by atomic mass is 9.59. The highest BCUT2D eigenvalue weighted by molar-refractivity contribution is 6.28. The van der Waals surface area contributed by atoms with Crippen molar-refractivity contribution in [3.05, 3.63) is 35.4 Å². The van der Waals surface area contributed by atoms with Crippen LogP contribution in [0.1, 0.15) is 123 Å². The van der Waals surface area contributed by atoms with Crippen molar-refractivity contribution >= 4 is 23.0 Å². The van der Waals surface area contributed by atoms with Crippen molar-refractivity contribution < 1.29 is 14.7 Å². The van der Waals surface area contributed by atoms with Gasteiger partial charge in [-0.3, -0.25) is 5.21 Å². The van der Waals surface area contributed by atoms with Crippen LogP contribution >= 0.6 is 0 Å². The highest BCUT2D eigenvalue weighted by atomic mass is 16.5. The highest BCUT2D eigenvalue weighted by Crippen LogP contribution is 2.55. The molecule has 3 nitrogen and oxygen atoms in total. The first-order chi connectivity index (χ1) is 16.1. The Morgan fingerprint density at radius 2 is 1.56 bits per heavy atom. The summed E-state index contributed by atoms with van der Waals surface area (Å²) in [6, 6.07) is 4.30. The molecule has 0 saturated carbocycles. The van der Waals surface area contributed by atoms with Crippen LogP contribution in [-0.4, -0.2) is 21.3 Å². The van der Waals surface area contributed by atoms with E-state index in [4.69, 9.17) is 4.74 Å². The molecule has 0 spiro atoms. The van der Waals surface area contributed by atoms with E-state index in [0.717, 1.165) is 47.5 Å². The normalized spacial score (nSPS) is 20.9. The maximum atomic E-state index is 11.7. The SMILES string of the molecule is CCCCCCC1(CCCCCC)CC(C)(C)C=C2C1=[N+](O)c1cc3c(cc12)C=CC(C)(C)O3. The molecule has 2 aliphatic heterocycles. The standard InChI is InChI=1S/C31H46NO2/c1-7-9-11-13-16-31(17-14-12-10-8-2)22-29(3,4)21-25-24-19-23-15-18-30(5,6)34-27(23)20-26(24)32(33)28(25)31/h15,18-21,33H,7-14,16-17,22H2,1-6H3/q+1. The van der Waals surface area contributed by atoms with E-state index in [1.807, 2.05) is 0 Å². The quantitative estimate of drug-likeness (QED) is 0.213. The van der Waals surface area contributed by atoms with Gasteiger partial charge in [0.1, 0.15) is 11.4 Å². The molecular formula is C31H46NO2+. The second-order valence-electron chi connectivity index (χ2n) is 12.2. The third-order valence-corrected chi connectivity index (χ3v) is 8.00. The number of hydrogen-bond acceptors (Lipinski definition) is 2. The third kappa shape index (κ3) is 4.86. The summed E-state index contributed by atoms with van der Waals surface area (Å²) in [4.78, 5) is 0. The number of nitrogens with zero attached hydrogens (tertiary/aromatic N) is 1. The number of unbranched alkanes of at least 4 members (excludes halogenated alkanes) is 6. The smallest absolute Gasteiger partial charge is 0.269 e. The van der Waals surface area contributed by atoms with Crippen molar-refractivity contribution in [2.24, 2.45) is 10.8 Å². The van der Waals surface area contributed by atoms with E-state index in [0.29, 0.717) is 0 Å². The molecule has 0 atom stereocenters. The van der Waals surface area contributed by atoms with E-state index in [9.17, 15) is 5.21 Å². The van der Waals surface area contributed by atoms with Crippen LogP contribution in [-0.2, 0) is 0 Å². The number of fused-ring (bicyclic) bond motifs is 4. The van der Waals surface area contributed by atoms with Gasteiger partial charge in [-0.15, -0.1) is 0 Å². The van der Waals surface area contributed by atoms with Crippen molar-refractivity contribution in [3.63, 3.8) is 0 Å². The van der Waals surface area contributed by atoms with Gasteiger partial charge < -0.3 is 4.74 Å². The van der Waals surface area contributed by atoms with Crippen molar-refractivity contribution in [2.45, 2.75) is 118 Å². The van der Waals surface area contributed by atoms with Gasteiger partial charge in [-0.25, -0.2) is 0 Å². The van der Waals surface area contributed by atoms with Gasteiger partial charge in [-0.2, -0.15) is 0 Å². The summed E-state index contributed by atoms with van der Waals surface area (Å²) in [5, 5.41) is 11.7. The molecule has 1 aromatic rings. The van der Waals surface area contributed by atoms with Gasteiger partial charge in [0.15, 0.2) is 0 Å². The first kappa shape index (κ1) is 25.1. The van der Waals surface area contributed by atoms with Gasteiger partial charge in [0, 0.05) is 10.3 Å². The molecule has 4 rings (SSSR count). The topological polar surface area (TPSA) is 32.5 Å². The first-order valence-corrected chi connectivity index (χ1v) is 13.8. The van der Waals surface area contributed by atoms with Crippen LogP contribution in [0.2, 0.25) is 0 Å². The number of benzene rings is 1. The monoisotopic (exact) mass is 464 g/mol. The van der Waals surface area contributed by atoms with E-state index < -0.39 is 0 Å². The summed E-state index contributed by atoms with van der Waals surface area (Å²) in [6.07, 6.45) is 20.3. The molecular weight excluding hydrogens is 418 g/mol. The van der Waals surface area contributed by atoms with Gasteiger partial charge in [-0.05, 0) is 50.7 Å². The number of allylic oxidation sites excluding steroid dienone is 2. The first-order valence-electron chi connectivity index (χ1n) is 13.8. The van der Waals surface area contributed by atoms with Gasteiger partial charge in [-0.1, -0.05) is 91.2 Å². The summed E-state index contributed by atoms with van der Waals surface area (Å²) < 4.78 is 7.82. The van der Waals surface area contributed by atoms with Crippen molar-refractivity contribution in [1.82, 2.24) is 0 Å². The van der Waals surface area contributed by atoms with Gasteiger partial charge in [0.05, 0.1) is 22.6 Å². The minimum Gasteiger partial charge on any atom is -0.483 e. The number of rotatable bonds is 10. The molecule has 3 aliphatic rings. The summed E-state index contributed by atoms with van der Waals surface area (Å²) in [6.45, 7) is 13.5. The van der Waals surface area contributed by atoms with Crippen LogP contribution in [0.15, 0.2) is 24.3 Å². The minimum absolute atomic E-state index is 0.0132. The minimum atomic E-state index is -0.330. The maximum absolute atomic E-state index is 11.7. The molecule has 186 valence electrons. The zero-order chi connectivity index (χ0) is 24.6. The third-order valence-electron chi connectivity index (χ3n) is 8.00.